The summed E-state index contributed by atoms with van der Waals surface area (Å²) in [4.78, 5) is 42.8. The van der Waals surface area contributed by atoms with Crippen LogP contribution in [0, 0.1) is 0 Å². The van der Waals surface area contributed by atoms with E-state index in [4.69, 9.17) is 19.3 Å². The largest absolute Gasteiger partial charge is 0.469 e. The van der Waals surface area contributed by atoms with Gasteiger partial charge in [-0.25, -0.2) is 4.57 Å². The smallest absolute Gasteiger partial charge is 0.462 e. The van der Waals surface area contributed by atoms with Gasteiger partial charge in [0.15, 0.2) is 6.10 Å². The summed E-state index contributed by atoms with van der Waals surface area (Å²) in [7, 11) is -4.80. The molecule has 0 spiro atoms. The van der Waals surface area contributed by atoms with Crippen LogP contribution in [0.5, 0.6) is 0 Å². The average Bonchev–Trinajstić information content (AvgIpc) is 3.15. The van der Waals surface area contributed by atoms with Crippen LogP contribution in [0.3, 0.4) is 0 Å². The molecule has 0 bridgehead atoms. The maximum Gasteiger partial charge on any atom is 0.469 e. The fraction of sp³-hybridized carbons (Fsp3) is 0.556. The molecule has 55 heavy (non-hydrogen) atoms. The molecule has 10 heteroatoms. The van der Waals surface area contributed by atoms with Crippen molar-refractivity contribution in [2.75, 3.05) is 13.2 Å². The molecular formula is C45H71O9P. The van der Waals surface area contributed by atoms with E-state index >= 15 is 0 Å². The molecule has 0 aromatic heterocycles. The molecule has 0 aromatic rings. The third-order valence-corrected chi connectivity index (χ3v) is 8.35. The minimum absolute atomic E-state index is 0.0515. The maximum absolute atomic E-state index is 12.4. The van der Waals surface area contributed by atoms with Crippen molar-refractivity contribution >= 4 is 19.8 Å². The molecule has 2 atom stereocenters. The maximum atomic E-state index is 12.4. The quantitative estimate of drug-likeness (QED) is 0.0188. The molecule has 0 saturated carbocycles. The van der Waals surface area contributed by atoms with Gasteiger partial charge in [0.25, 0.3) is 0 Å². The minimum atomic E-state index is -4.80. The molecule has 310 valence electrons. The molecule has 0 aliphatic rings. The van der Waals surface area contributed by atoms with Crippen LogP contribution in [0.25, 0.3) is 0 Å². The van der Waals surface area contributed by atoms with Crippen LogP contribution >= 0.6 is 7.82 Å². The molecule has 0 aliphatic heterocycles. The highest BCUT2D eigenvalue weighted by Gasteiger charge is 2.22. The molecule has 0 heterocycles. The molecule has 0 saturated heterocycles. The average molecular weight is 787 g/mol. The number of aliphatic hydroxyl groups excluding tert-OH is 1. The molecular weight excluding hydrogens is 715 g/mol. The monoisotopic (exact) mass is 786 g/mol. The lowest BCUT2D eigenvalue weighted by Crippen LogP contribution is -2.29. The van der Waals surface area contributed by atoms with Crippen molar-refractivity contribution in [3.05, 3.63) is 109 Å². The van der Waals surface area contributed by atoms with Crippen LogP contribution in [0.4, 0.5) is 0 Å². The number of allylic oxidation sites excluding steroid dienone is 16. The Morgan fingerprint density at radius 3 is 1.75 bits per heavy atom. The van der Waals surface area contributed by atoms with Crippen LogP contribution in [0.2, 0.25) is 0 Å². The normalized spacial score (nSPS) is 14.2. The Bertz CT molecular complexity index is 1270. The lowest BCUT2D eigenvalue weighted by atomic mass is 10.1. The molecule has 3 N–H and O–H groups in total. The molecule has 0 aromatic carbocycles. The van der Waals surface area contributed by atoms with Crippen LogP contribution in [0.15, 0.2) is 109 Å². The Kier molecular flexibility index (Phi) is 36.6. The molecule has 0 aliphatic carbocycles. The molecule has 0 amide bonds. The van der Waals surface area contributed by atoms with Gasteiger partial charge in [-0.3, -0.25) is 14.1 Å². The highest BCUT2D eigenvalue weighted by Crippen LogP contribution is 2.35. The van der Waals surface area contributed by atoms with Crippen molar-refractivity contribution in [3.63, 3.8) is 0 Å². The van der Waals surface area contributed by atoms with Crippen molar-refractivity contribution in [3.8, 4) is 0 Å². The first-order valence-corrected chi connectivity index (χ1v) is 21.8. The highest BCUT2D eigenvalue weighted by molar-refractivity contribution is 7.46. The number of phosphoric ester groups is 1. The second-order valence-electron chi connectivity index (χ2n) is 13.1. The Labute approximate surface area is 332 Å². The minimum Gasteiger partial charge on any atom is -0.462 e. The number of rotatable bonds is 35. The number of hydrogen-bond donors (Lipinski definition) is 3. The third kappa shape index (κ3) is 41.7. The van der Waals surface area contributed by atoms with Gasteiger partial charge in [0, 0.05) is 12.8 Å². The predicted molar refractivity (Wildman–Crippen MR) is 226 cm³/mol. The molecule has 0 fully saturated rings. The summed E-state index contributed by atoms with van der Waals surface area (Å²) in [5.41, 5.74) is 0. The summed E-state index contributed by atoms with van der Waals surface area (Å²) in [6.07, 6.45) is 51.3. The van der Waals surface area contributed by atoms with E-state index < -0.39 is 38.6 Å². The van der Waals surface area contributed by atoms with Gasteiger partial charge >= 0.3 is 19.8 Å². The lowest BCUT2D eigenvalue weighted by molar-refractivity contribution is -0.161. The van der Waals surface area contributed by atoms with E-state index in [-0.39, 0.29) is 19.4 Å². The molecule has 0 radical (unpaired) electrons. The lowest BCUT2D eigenvalue weighted by Gasteiger charge is -2.18. The number of phosphoric acid groups is 1. The van der Waals surface area contributed by atoms with E-state index in [1.54, 1.807) is 6.08 Å². The van der Waals surface area contributed by atoms with E-state index in [1.165, 1.54) is 25.7 Å². The summed E-state index contributed by atoms with van der Waals surface area (Å²) in [5.74, 6) is -1.05. The van der Waals surface area contributed by atoms with E-state index in [1.807, 2.05) is 48.6 Å². The summed E-state index contributed by atoms with van der Waals surface area (Å²) < 4.78 is 26.2. The summed E-state index contributed by atoms with van der Waals surface area (Å²) >= 11 is 0. The van der Waals surface area contributed by atoms with Crippen LogP contribution < -0.4 is 0 Å². The van der Waals surface area contributed by atoms with Crippen LogP contribution in [-0.2, 0) is 28.2 Å². The zero-order valence-corrected chi connectivity index (χ0v) is 34.5. The highest BCUT2D eigenvalue weighted by atomic mass is 31.2. The Balaban J connectivity index is 4.21. The van der Waals surface area contributed by atoms with E-state index in [9.17, 15) is 19.3 Å². The van der Waals surface area contributed by atoms with E-state index in [0.717, 1.165) is 57.8 Å². The third-order valence-electron chi connectivity index (χ3n) is 7.87. The van der Waals surface area contributed by atoms with Gasteiger partial charge in [-0.2, -0.15) is 0 Å². The van der Waals surface area contributed by atoms with Gasteiger partial charge < -0.3 is 24.4 Å². The van der Waals surface area contributed by atoms with Crippen molar-refractivity contribution in [2.45, 2.75) is 148 Å². The van der Waals surface area contributed by atoms with E-state index in [2.05, 4.69) is 73.1 Å². The Hall–Kier alpha value is -3.33. The fourth-order valence-corrected chi connectivity index (χ4v) is 5.20. The van der Waals surface area contributed by atoms with Gasteiger partial charge in [-0.05, 0) is 83.5 Å². The molecule has 9 nitrogen and oxygen atoms in total. The number of unbranched alkanes of at least 4 members (excludes halogenated alkanes) is 7. The molecule has 1 unspecified atom stereocenters. The SMILES string of the molecule is CC/C=C\C/C=C\CC(O)/C=C/C=C\C/C=C\C/C=C\CCC(=O)O[C@H](COC(=O)CCCCCC/C=C\C/C=C\C/C=C\CCCCC)COP(=O)(O)O. The zero-order valence-electron chi connectivity index (χ0n) is 33.6. The second-order valence-corrected chi connectivity index (χ2v) is 14.3. The topological polar surface area (TPSA) is 140 Å². The summed E-state index contributed by atoms with van der Waals surface area (Å²) in [5, 5.41) is 9.97. The summed E-state index contributed by atoms with van der Waals surface area (Å²) in [6.45, 7) is 3.37. The van der Waals surface area contributed by atoms with Crippen molar-refractivity contribution < 1.29 is 43.0 Å². The van der Waals surface area contributed by atoms with Gasteiger partial charge in [0.05, 0.1) is 12.7 Å². The van der Waals surface area contributed by atoms with E-state index in [0.29, 0.717) is 25.7 Å². The standard InChI is InChI=1S/C45H71O9P/c1-3-5-7-9-11-12-13-14-15-16-17-18-19-23-26-30-34-38-44(47)52-40-43(41-53-55(49,50)51)54-45(48)39-35-31-27-24-21-20-22-25-29-33-37-42(46)36-32-28-10-8-6-4-2/h6,8,11-12,14-15,17-18,20-21,25,27-29,31-33,37,42-43,46H,3-5,7,9-10,13,16,19,22-24,26,30,34-36,38-41H2,1-2H3,(H2,49,50,51)/b8-6-,12-11-,15-14-,18-17-,21-20-,29-25-,31-27-,32-28-,37-33+/t42?,43-/m1/s1. The first kappa shape index (κ1) is 51.7. The summed E-state index contributed by atoms with van der Waals surface area (Å²) in [6, 6.07) is 0. The van der Waals surface area contributed by atoms with Crippen LogP contribution in [0.1, 0.15) is 136 Å². The predicted octanol–water partition coefficient (Wildman–Crippen LogP) is 11.4. The van der Waals surface area contributed by atoms with Gasteiger partial charge in [0.2, 0.25) is 0 Å². The van der Waals surface area contributed by atoms with Gasteiger partial charge in [0.1, 0.15) is 6.61 Å². The van der Waals surface area contributed by atoms with Crippen LogP contribution in [-0.4, -0.2) is 52.3 Å². The second kappa shape index (κ2) is 38.9. The number of carbonyl (C=O) groups excluding carboxylic acids is 2. The van der Waals surface area contributed by atoms with Crippen molar-refractivity contribution in [1.82, 2.24) is 0 Å². The van der Waals surface area contributed by atoms with Gasteiger partial charge in [-0.1, -0.05) is 149 Å². The number of ether oxygens (including phenoxy) is 2. The fourth-order valence-electron chi connectivity index (χ4n) is 4.84. The zero-order chi connectivity index (χ0) is 40.5. The molecule has 0 rings (SSSR count). The Morgan fingerprint density at radius 2 is 1.13 bits per heavy atom. The van der Waals surface area contributed by atoms with Gasteiger partial charge in [-0.15, -0.1) is 0 Å². The number of aliphatic hydroxyl groups is 1. The first-order chi connectivity index (χ1) is 26.7. The first-order valence-electron chi connectivity index (χ1n) is 20.3. The number of hydrogen-bond acceptors (Lipinski definition) is 7. The van der Waals surface area contributed by atoms with Crippen molar-refractivity contribution in [1.29, 1.82) is 0 Å². The van der Waals surface area contributed by atoms with Crippen molar-refractivity contribution in [2.24, 2.45) is 0 Å². The number of esters is 2. The number of carbonyl (C=O) groups is 2. The Morgan fingerprint density at radius 1 is 0.582 bits per heavy atom.